The molecule has 0 heterocycles. The normalized spacial score (nSPS) is 16.0. The van der Waals surface area contributed by atoms with Crippen LogP contribution in [0.5, 0.6) is 0 Å². The molecule has 0 bridgehead atoms. The SMILES string of the molecule is CCCCOCC(C)C(C)CO. The van der Waals surface area contributed by atoms with Gasteiger partial charge in [0.1, 0.15) is 0 Å². The lowest BCUT2D eigenvalue weighted by atomic mass is 9.98. The van der Waals surface area contributed by atoms with Crippen LogP contribution in [0.1, 0.15) is 33.6 Å². The first-order valence-corrected chi connectivity index (χ1v) is 4.91. The molecule has 74 valence electrons. The van der Waals surface area contributed by atoms with Gasteiger partial charge in [-0.15, -0.1) is 0 Å². The molecular weight excluding hydrogens is 152 g/mol. The third-order valence-electron chi connectivity index (χ3n) is 2.28. The Morgan fingerprint density at radius 2 is 1.92 bits per heavy atom. The lowest BCUT2D eigenvalue weighted by molar-refractivity contribution is 0.0695. The number of rotatable bonds is 7. The molecule has 2 unspecified atom stereocenters. The molecule has 2 nitrogen and oxygen atoms in total. The quantitative estimate of drug-likeness (QED) is 0.599. The number of ether oxygens (including phenoxy) is 1. The van der Waals surface area contributed by atoms with Crippen LogP contribution in [0.4, 0.5) is 0 Å². The maximum atomic E-state index is 8.85. The van der Waals surface area contributed by atoms with Crippen LogP contribution in [-0.2, 0) is 4.74 Å². The van der Waals surface area contributed by atoms with Crippen LogP contribution in [0, 0.1) is 11.8 Å². The maximum Gasteiger partial charge on any atom is 0.0495 e. The van der Waals surface area contributed by atoms with E-state index in [1.54, 1.807) is 0 Å². The minimum atomic E-state index is 0.262. The molecule has 1 N–H and O–H groups in total. The molecule has 0 radical (unpaired) electrons. The zero-order valence-corrected chi connectivity index (χ0v) is 8.55. The third kappa shape index (κ3) is 5.56. The summed E-state index contributed by atoms with van der Waals surface area (Å²) in [6.45, 7) is 8.23. The summed E-state index contributed by atoms with van der Waals surface area (Å²) in [5.74, 6) is 0.818. The van der Waals surface area contributed by atoms with Gasteiger partial charge in [0.15, 0.2) is 0 Å². The number of aliphatic hydroxyl groups is 1. The van der Waals surface area contributed by atoms with Gasteiger partial charge in [0, 0.05) is 19.8 Å². The van der Waals surface area contributed by atoms with E-state index in [2.05, 4.69) is 13.8 Å². The predicted octanol–water partition coefficient (Wildman–Crippen LogP) is 2.07. The zero-order valence-electron chi connectivity index (χ0n) is 8.55. The Morgan fingerprint density at radius 1 is 1.25 bits per heavy atom. The maximum absolute atomic E-state index is 8.85. The van der Waals surface area contributed by atoms with Crippen molar-refractivity contribution in [3.8, 4) is 0 Å². The number of hydrogen-bond acceptors (Lipinski definition) is 2. The fraction of sp³-hybridized carbons (Fsp3) is 1.00. The van der Waals surface area contributed by atoms with E-state index in [4.69, 9.17) is 9.84 Å². The molecule has 0 aliphatic heterocycles. The fourth-order valence-corrected chi connectivity index (χ4v) is 0.860. The topological polar surface area (TPSA) is 29.5 Å². The van der Waals surface area contributed by atoms with Crippen molar-refractivity contribution in [1.82, 2.24) is 0 Å². The molecule has 0 aromatic heterocycles. The summed E-state index contributed by atoms with van der Waals surface area (Å²) in [6.07, 6.45) is 2.32. The van der Waals surface area contributed by atoms with Gasteiger partial charge < -0.3 is 9.84 Å². The van der Waals surface area contributed by atoms with E-state index in [1.807, 2.05) is 6.92 Å². The van der Waals surface area contributed by atoms with Gasteiger partial charge in [-0.3, -0.25) is 0 Å². The van der Waals surface area contributed by atoms with Gasteiger partial charge in [0.05, 0.1) is 0 Å². The Morgan fingerprint density at radius 3 is 2.42 bits per heavy atom. The molecular formula is C10H22O2. The molecule has 0 aliphatic rings. The van der Waals surface area contributed by atoms with E-state index in [-0.39, 0.29) is 6.61 Å². The molecule has 2 heteroatoms. The van der Waals surface area contributed by atoms with Crippen LogP contribution in [-0.4, -0.2) is 24.9 Å². The second kappa shape index (κ2) is 7.56. The highest BCUT2D eigenvalue weighted by atomic mass is 16.5. The average molecular weight is 174 g/mol. The summed E-state index contributed by atoms with van der Waals surface area (Å²) in [5, 5.41) is 8.85. The van der Waals surface area contributed by atoms with Crippen molar-refractivity contribution in [2.24, 2.45) is 11.8 Å². The second-order valence-electron chi connectivity index (χ2n) is 3.57. The first-order chi connectivity index (χ1) is 5.72. The van der Waals surface area contributed by atoms with Crippen molar-refractivity contribution < 1.29 is 9.84 Å². The smallest absolute Gasteiger partial charge is 0.0495 e. The Labute approximate surface area is 75.9 Å². The Kier molecular flexibility index (Phi) is 7.51. The molecule has 0 spiro atoms. The van der Waals surface area contributed by atoms with Crippen molar-refractivity contribution >= 4 is 0 Å². The molecule has 0 aromatic rings. The predicted molar refractivity (Wildman–Crippen MR) is 51.1 cm³/mol. The molecule has 0 aromatic carbocycles. The monoisotopic (exact) mass is 174 g/mol. The van der Waals surface area contributed by atoms with Crippen LogP contribution in [0.2, 0.25) is 0 Å². The van der Waals surface area contributed by atoms with Crippen molar-refractivity contribution in [2.75, 3.05) is 19.8 Å². The van der Waals surface area contributed by atoms with Crippen molar-refractivity contribution in [3.63, 3.8) is 0 Å². The fourth-order valence-electron chi connectivity index (χ4n) is 0.860. The standard InChI is InChI=1S/C10H22O2/c1-4-5-6-12-8-10(3)9(2)7-11/h9-11H,4-8H2,1-3H3. The highest BCUT2D eigenvalue weighted by molar-refractivity contribution is 4.59. The van der Waals surface area contributed by atoms with Crippen LogP contribution < -0.4 is 0 Å². The van der Waals surface area contributed by atoms with Crippen LogP contribution in [0.25, 0.3) is 0 Å². The van der Waals surface area contributed by atoms with E-state index in [1.165, 1.54) is 6.42 Å². The molecule has 12 heavy (non-hydrogen) atoms. The lowest BCUT2D eigenvalue weighted by Gasteiger charge is -2.17. The summed E-state index contributed by atoms with van der Waals surface area (Å²) >= 11 is 0. The Balaban J connectivity index is 3.24. The number of hydrogen-bond donors (Lipinski definition) is 1. The highest BCUT2D eigenvalue weighted by Gasteiger charge is 2.10. The molecule has 0 amide bonds. The molecule has 0 saturated heterocycles. The van der Waals surface area contributed by atoms with Gasteiger partial charge in [0.2, 0.25) is 0 Å². The van der Waals surface area contributed by atoms with Crippen molar-refractivity contribution in [3.05, 3.63) is 0 Å². The lowest BCUT2D eigenvalue weighted by Crippen LogP contribution is -2.17. The highest BCUT2D eigenvalue weighted by Crippen LogP contribution is 2.10. The van der Waals surface area contributed by atoms with Gasteiger partial charge in [-0.2, -0.15) is 0 Å². The van der Waals surface area contributed by atoms with E-state index in [0.29, 0.717) is 11.8 Å². The van der Waals surface area contributed by atoms with Gasteiger partial charge >= 0.3 is 0 Å². The van der Waals surface area contributed by atoms with E-state index < -0.39 is 0 Å². The van der Waals surface area contributed by atoms with Crippen LogP contribution >= 0.6 is 0 Å². The molecule has 0 aliphatic carbocycles. The minimum absolute atomic E-state index is 0.262. The summed E-state index contributed by atoms with van der Waals surface area (Å²) < 4.78 is 5.45. The summed E-state index contributed by atoms with van der Waals surface area (Å²) in [6, 6.07) is 0. The first-order valence-electron chi connectivity index (χ1n) is 4.91. The molecule has 0 rings (SSSR count). The van der Waals surface area contributed by atoms with Crippen molar-refractivity contribution in [1.29, 1.82) is 0 Å². The van der Waals surface area contributed by atoms with E-state index in [0.717, 1.165) is 19.6 Å². The summed E-state index contributed by atoms with van der Waals surface area (Å²) in [4.78, 5) is 0. The Hall–Kier alpha value is -0.0800. The first kappa shape index (κ1) is 11.9. The minimum Gasteiger partial charge on any atom is -0.396 e. The van der Waals surface area contributed by atoms with Crippen molar-refractivity contribution in [2.45, 2.75) is 33.6 Å². The molecule has 0 saturated carbocycles. The van der Waals surface area contributed by atoms with Gasteiger partial charge in [-0.05, 0) is 18.3 Å². The number of unbranched alkanes of at least 4 members (excludes halogenated alkanes) is 1. The number of aliphatic hydroxyl groups excluding tert-OH is 1. The summed E-state index contributed by atoms with van der Waals surface area (Å²) in [5.41, 5.74) is 0. The van der Waals surface area contributed by atoms with Gasteiger partial charge in [-0.25, -0.2) is 0 Å². The zero-order chi connectivity index (χ0) is 9.40. The largest absolute Gasteiger partial charge is 0.396 e. The van der Waals surface area contributed by atoms with E-state index in [9.17, 15) is 0 Å². The summed E-state index contributed by atoms with van der Waals surface area (Å²) in [7, 11) is 0. The van der Waals surface area contributed by atoms with Gasteiger partial charge in [-0.1, -0.05) is 27.2 Å². The Bertz CT molecular complexity index is 93.8. The van der Waals surface area contributed by atoms with Gasteiger partial charge in [0.25, 0.3) is 0 Å². The third-order valence-corrected chi connectivity index (χ3v) is 2.28. The van der Waals surface area contributed by atoms with Crippen LogP contribution in [0.15, 0.2) is 0 Å². The average Bonchev–Trinajstić information content (AvgIpc) is 2.10. The van der Waals surface area contributed by atoms with Crippen LogP contribution in [0.3, 0.4) is 0 Å². The molecule has 2 atom stereocenters. The second-order valence-corrected chi connectivity index (χ2v) is 3.57. The van der Waals surface area contributed by atoms with E-state index >= 15 is 0 Å². The molecule has 0 fully saturated rings.